The van der Waals surface area contributed by atoms with E-state index in [1.54, 1.807) is 30.3 Å². The van der Waals surface area contributed by atoms with Crippen LogP contribution in [0.1, 0.15) is 28.4 Å². The van der Waals surface area contributed by atoms with Gasteiger partial charge in [-0.1, -0.05) is 42.5 Å². The Kier molecular flexibility index (Phi) is 4.70. The number of carboxylic acids is 1. The Bertz CT molecular complexity index is 938. The van der Waals surface area contributed by atoms with Gasteiger partial charge in [0.05, 0.1) is 0 Å². The van der Waals surface area contributed by atoms with E-state index in [1.165, 1.54) is 25.1 Å². The summed E-state index contributed by atoms with van der Waals surface area (Å²) in [6.07, 6.45) is -4.70. The molecule has 28 heavy (non-hydrogen) atoms. The standard InChI is InChI=1S/C19H16F3N3O3/c1-17(16(27)28,13-7-3-2-4-8-13)11-23-15(26)12-6-5-9-14(10-12)18(24-25-18)19(20,21)22/h2-10H,11H2,1H3,(H,23,26)(H,27,28). The van der Waals surface area contributed by atoms with Gasteiger partial charge in [-0.15, -0.1) is 10.2 Å². The van der Waals surface area contributed by atoms with Crippen LogP contribution in [0.25, 0.3) is 0 Å². The van der Waals surface area contributed by atoms with Gasteiger partial charge in [0, 0.05) is 17.7 Å². The fourth-order valence-electron chi connectivity index (χ4n) is 2.79. The average molecular weight is 391 g/mol. The zero-order valence-corrected chi connectivity index (χ0v) is 14.7. The molecule has 9 heteroatoms. The van der Waals surface area contributed by atoms with Gasteiger partial charge in [-0.2, -0.15) is 13.2 Å². The molecule has 2 aromatic rings. The maximum atomic E-state index is 13.1. The highest BCUT2D eigenvalue weighted by Gasteiger charge is 2.65. The predicted octanol–water partition coefficient (Wildman–Crippen LogP) is 3.64. The van der Waals surface area contributed by atoms with Crippen LogP contribution in [0.3, 0.4) is 0 Å². The van der Waals surface area contributed by atoms with Crippen molar-refractivity contribution in [2.45, 2.75) is 24.2 Å². The second kappa shape index (κ2) is 6.74. The Labute approximate surface area is 158 Å². The molecule has 2 N–H and O–H groups in total. The van der Waals surface area contributed by atoms with E-state index in [4.69, 9.17) is 0 Å². The highest BCUT2D eigenvalue weighted by atomic mass is 19.4. The number of benzene rings is 2. The molecule has 0 aliphatic carbocycles. The molecule has 146 valence electrons. The van der Waals surface area contributed by atoms with Crippen LogP contribution in [0.15, 0.2) is 64.8 Å². The third kappa shape index (κ3) is 3.35. The van der Waals surface area contributed by atoms with Gasteiger partial charge in [0.1, 0.15) is 5.41 Å². The zero-order chi connectivity index (χ0) is 20.6. The van der Waals surface area contributed by atoms with Crippen molar-refractivity contribution in [2.24, 2.45) is 10.2 Å². The van der Waals surface area contributed by atoms with Gasteiger partial charge in [0.15, 0.2) is 0 Å². The minimum atomic E-state index is -4.70. The third-order valence-electron chi connectivity index (χ3n) is 4.71. The molecule has 1 unspecified atom stereocenters. The van der Waals surface area contributed by atoms with Crippen molar-refractivity contribution in [1.29, 1.82) is 0 Å². The second-order valence-corrected chi connectivity index (χ2v) is 6.64. The molecule has 0 fully saturated rings. The lowest BCUT2D eigenvalue weighted by Crippen LogP contribution is -2.44. The van der Waals surface area contributed by atoms with E-state index < -0.39 is 29.1 Å². The van der Waals surface area contributed by atoms with Crippen molar-refractivity contribution < 1.29 is 27.9 Å². The molecule has 1 aliphatic rings. The lowest BCUT2D eigenvalue weighted by Gasteiger charge is -2.25. The number of carbonyl (C=O) groups is 2. The van der Waals surface area contributed by atoms with Crippen LogP contribution in [0.4, 0.5) is 13.2 Å². The van der Waals surface area contributed by atoms with Crippen LogP contribution < -0.4 is 5.32 Å². The van der Waals surface area contributed by atoms with E-state index in [9.17, 15) is 27.9 Å². The Morgan fingerprint density at radius 3 is 2.25 bits per heavy atom. The lowest BCUT2D eigenvalue weighted by molar-refractivity contribution is -0.166. The van der Waals surface area contributed by atoms with Gasteiger partial charge in [0.25, 0.3) is 5.91 Å². The van der Waals surface area contributed by atoms with Gasteiger partial charge in [-0.3, -0.25) is 9.59 Å². The number of carboxylic acid groups (broad SMARTS) is 1. The van der Waals surface area contributed by atoms with Gasteiger partial charge in [-0.25, -0.2) is 0 Å². The van der Waals surface area contributed by atoms with Crippen LogP contribution in [0.2, 0.25) is 0 Å². The lowest BCUT2D eigenvalue weighted by atomic mass is 9.82. The van der Waals surface area contributed by atoms with Gasteiger partial charge >= 0.3 is 17.8 Å². The van der Waals surface area contributed by atoms with Crippen LogP contribution in [-0.2, 0) is 15.9 Å². The molecule has 1 amide bonds. The van der Waals surface area contributed by atoms with Crippen molar-refractivity contribution in [1.82, 2.24) is 5.32 Å². The topological polar surface area (TPSA) is 91.1 Å². The number of carbonyl (C=O) groups excluding carboxylic acids is 1. The molecule has 0 aromatic heterocycles. The van der Waals surface area contributed by atoms with E-state index in [0.29, 0.717) is 5.56 Å². The Balaban J connectivity index is 1.79. The molecule has 1 heterocycles. The Hall–Kier alpha value is -3.23. The number of hydrogen-bond acceptors (Lipinski definition) is 4. The van der Waals surface area contributed by atoms with Gasteiger partial charge in [0.2, 0.25) is 0 Å². The Morgan fingerprint density at radius 1 is 1.07 bits per heavy atom. The first-order valence-electron chi connectivity index (χ1n) is 8.29. The molecule has 3 rings (SSSR count). The monoisotopic (exact) mass is 391 g/mol. The van der Waals surface area contributed by atoms with Crippen molar-refractivity contribution in [2.75, 3.05) is 6.54 Å². The van der Waals surface area contributed by atoms with Gasteiger partial charge in [-0.05, 0) is 24.6 Å². The van der Waals surface area contributed by atoms with E-state index in [2.05, 4.69) is 15.5 Å². The van der Waals surface area contributed by atoms with Crippen LogP contribution in [0, 0.1) is 0 Å². The van der Waals surface area contributed by atoms with E-state index >= 15 is 0 Å². The predicted molar refractivity (Wildman–Crippen MR) is 92.8 cm³/mol. The summed E-state index contributed by atoms with van der Waals surface area (Å²) in [5.41, 5.74) is -3.84. The molecule has 6 nitrogen and oxygen atoms in total. The fourth-order valence-corrected chi connectivity index (χ4v) is 2.79. The highest BCUT2D eigenvalue weighted by Crippen LogP contribution is 2.52. The first-order valence-corrected chi connectivity index (χ1v) is 8.29. The van der Waals surface area contributed by atoms with Gasteiger partial charge < -0.3 is 10.4 Å². The highest BCUT2D eigenvalue weighted by molar-refractivity contribution is 5.95. The smallest absolute Gasteiger partial charge is 0.442 e. The molecule has 0 spiro atoms. The number of aliphatic carboxylic acids is 1. The van der Waals surface area contributed by atoms with Crippen LogP contribution in [-0.4, -0.2) is 29.7 Å². The maximum absolute atomic E-state index is 13.1. The van der Waals surface area contributed by atoms with Crippen molar-refractivity contribution >= 4 is 11.9 Å². The summed E-state index contributed by atoms with van der Waals surface area (Å²) in [7, 11) is 0. The van der Waals surface area contributed by atoms with Crippen molar-refractivity contribution in [3.63, 3.8) is 0 Å². The Morgan fingerprint density at radius 2 is 1.71 bits per heavy atom. The van der Waals surface area contributed by atoms with Crippen LogP contribution >= 0.6 is 0 Å². The summed E-state index contributed by atoms with van der Waals surface area (Å²) >= 11 is 0. The quantitative estimate of drug-likeness (QED) is 0.788. The molecule has 1 atom stereocenters. The first kappa shape index (κ1) is 19.5. The summed E-state index contributed by atoms with van der Waals surface area (Å²) in [6, 6.07) is 13.2. The molecule has 0 radical (unpaired) electrons. The normalized spacial score (nSPS) is 16.9. The molecular formula is C19H16F3N3O3. The zero-order valence-electron chi connectivity index (χ0n) is 14.7. The van der Waals surface area contributed by atoms with Crippen molar-refractivity contribution in [3.05, 3.63) is 71.3 Å². The average Bonchev–Trinajstić information content (AvgIpc) is 3.48. The van der Waals surface area contributed by atoms with Crippen LogP contribution in [0.5, 0.6) is 0 Å². The number of nitrogens with one attached hydrogen (secondary N) is 1. The van der Waals surface area contributed by atoms with E-state index in [-0.39, 0.29) is 17.7 Å². The minimum Gasteiger partial charge on any atom is -0.481 e. The summed E-state index contributed by atoms with van der Waals surface area (Å²) in [4.78, 5) is 24.2. The molecular weight excluding hydrogens is 375 g/mol. The number of nitrogens with zero attached hydrogens (tertiary/aromatic N) is 2. The SMILES string of the molecule is CC(CNC(=O)c1cccc(C2(C(F)(F)F)N=N2)c1)(C(=O)O)c1ccccc1. The molecule has 0 bridgehead atoms. The fraction of sp³-hybridized carbons (Fsp3) is 0.263. The minimum absolute atomic E-state index is 0.0424. The summed E-state index contributed by atoms with van der Waals surface area (Å²) in [5.74, 6) is -1.83. The van der Waals surface area contributed by atoms with Crippen molar-refractivity contribution in [3.8, 4) is 0 Å². The summed E-state index contributed by atoms with van der Waals surface area (Å²) in [6.45, 7) is 1.22. The number of amides is 1. The number of alkyl halides is 3. The third-order valence-corrected chi connectivity index (χ3v) is 4.71. The first-order chi connectivity index (χ1) is 13.1. The number of hydrogen-bond donors (Lipinski definition) is 2. The van der Waals surface area contributed by atoms with E-state index in [1.807, 2.05) is 0 Å². The summed E-state index contributed by atoms with van der Waals surface area (Å²) in [5, 5.41) is 18.3. The summed E-state index contributed by atoms with van der Waals surface area (Å²) < 4.78 is 39.4. The van der Waals surface area contributed by atoms with E-state index in [0.717, 1.165) is 6.07 Å². The maximum Gasteiger partial charge on any atom is 0.442 e. The number of halogens is 3. The molecule has 0 saturated carbocycles. The largest absolute Gasteiger partial charge is 0.481 e. The molecule has 2 aromatic carbocycles. The number of rotatable bonds is 6. The molecule has 1 aliphatic heterocycles. The second-order valence-electron chi connectivity index (χ2n) is 6.64. The molecule has 0 saturated heterocycles.